The average Bonchev–Trinajstić information content (AvgIpc) is 2.46. The summed E-state index contributed by atoms with van der Waals surface area (Å²) < 4.78 is 0. The van der Waals surface area contributed by atoms with Gasteiger partial charge < -0.3 is 10.7 Å². The van der Waals surface area contributed by atoms with E-state index in [1.54, 1.807) is 18.5 Å². The largest absolute Gasteiger partial charge is 0.348 e. The Hall–Kier alpha value is -2.47. The fourth-order valence-electron chi connectivity index (χ4n) is 1.81. The number of pyridine rings is 2. The van der Waals surface area contributed by atoms with Crippen LogP contribution in [0.1, 0.15) is 27.2 Å². The van der Waals surface area contributed by atoms with Crippen LogP contribution >= 0.6 is 0 Å². The Morgan fingerprint density at radius 3 is 2.85 bits per heavy atom. The van der Waals surface area contributed by atoms with Crippen LogP contribution in [0.5, 0.6) is 0 Å². The van der Waals surface area contributed by atoms with E-state index >= 15 is 0 Å². The lowest BCUT2D eigenvalue weighted by atomic mass is 10.1. The molecular formula is C14H17N5O. The number of aromatic nitrogens is 2. The summed E-state index contributed by atoms with van der Waals surface area (Å²) in [7, 11) is 0. The standard InChI is InChI=1S/C14H17N5O/c1-9-3-4-16-6-11(9)7-18-14(20)12-8-17-10(2)5-13(12)19-15/h3-6,8H,7,15H2,1-2H3,(H,17,19)(H,18,20). The van der Waals surface area contributed by atoms with Crippen molar-refractivity contribution < 1.29 is 4.79 Å². The number of amides is 1. The molecule has 0 aliphatic rings. The first-order valence-corrected chi connectivity index (χ1v) is 6.22. The number of nitrogen functional groups attached to an aromatic ring is 1. The minimum Gasteiger partial charge on any atom is -0.348 e. The van der Waals surface area contributed by atoms with Gasteiger partial charge in [0, 0.05) is 30.8 Å². The number of carbonyl (C=O) groups excluding carboxylic acids is 1. The highest BCUT2D eigenvalue weighted by Gasteiger charge is 2.12. The third-order valence-corrected chi connectivity index (χ3v) is 3.03. The van der Waals surface area contributed by atoms with Gasteiger partial charge in [0.25, 0.3) is 5.91 Å². The van der Waals surface area contributed by atoms with E-state index in [0.29, 0.717) is 17.8 Å². The summed E-state index contributed by atoms with van der Waals surface area (Å²) in [5.41, 5.74) is 6.33. The van der Waals surface area contributed by atoms with Gasteiger partial charge in [-0.15, -0.1) is 0 Å². The summed E-state index contributed by atoms with van der Waals surface area (Å²) in [4.78, 5) is 20.3. The molecule has 2 heterocycles. The molecule has 2 rings (SSSR count). The van der Waals surface area contributed by atoms with E-state index in [1.165, 1.54) is 6.20 Å². The van der Waals surface area contributed by atoms with Gasteiger partial charge in [-0.2, -0.15) is 0 Å². The maximum atomic E-state index is 12.2. The number of hydrazine groups is 1. The maximum absolute atomic E-state index is 12.2. The highest BCUT2D eigenvalue weighted by molar-refractivity contribution is 5.99. The molecular weight excluding hydrogens is 254 g/mol. The van der Waals surface area contributed by atoms with E-state index in [1.807, 2.05) is 19.9 Å². The third kappa shape index (κ3) is 3.10. The van der Waals surface area contributed by atoms with Crippen molar-refractivity contribution in [3.63, 3.8) is 0 Å². The molecule has 0 aliphatic carbocycles. The lowest BCUT2D eigenvalue weighted by Gasteiger charge is -2.11. The van der Waals surface area contributed by atoms with Crippen molar-refractivity contribution in [1.82, 2.24) is 15.3 Å². The first-order chi connectivity index (χ1) is 9.61. The van der Waals surface area contributed by atoms with Crippen LogP contribution < -0.4 is 16.6 Å². The van der Waals surface area contributed by atoms with Gasteiger partial charge in [0.15, 0.2) is 0 Å². The molecule has 0 saturated carbocycles. The molecule has 0 atom stereocenters. The number of nitrogens with zero attached hydrogens (tertiary/aromatic N) is 2. The van der Waals surface area contributed by atoms with Crippen LogP contribution in [0.15, 0.2) is 30.7 Å². The van der Waals surface area contributed by atoms with Crippen LogP contribution in [0.2, 0.25) is 0 Å². The van der Waals surface area contributed by atoms with Crippen LogP contribution in [0, 0.1) is 13.8 Å². The Kier molecular flexibility index (Phi) is 4.27. The van der Waals surface area contributed by atoms with Crippen molar-refractivity contribution in [2.75, 3.05) is 5.43 Å². The van der Waals surface area contributed by atoms with E-state index in [-0.39, 0.29) is 5.91 Å². The summed E-state index contributed by atoms with van der Waals surface area (Å²) in [6, 6.07) is 3.63. The lowest BCUT2D eigenvalue weighted by Crippen LogP contribution is -2.25. The molecule has 0 unspecified atom stereocenters. The van der Waals surface area contributed by atoms with Crippen molar-refractivity contribution in [1.29, 1.82) is 0 Å². The number of nitrogens with two attached hydrogens (primary N) is 1. The number of hydrogen-bond donors (Lipinski definition) is 3. The Morgan fingerprint density at radius 1 is 1.35 bits per heavy atom. The molecule has 0 aliphatic heterocycles. The average molecular weight is 271 g/mol. The zero-order valence-corrected chi connectivity index (χ0v) is 11.5. The van der Waals surface area contributed by atoms with Crippen molar-refractivity contribution in [2.45, 2.75) is 20.4 Å². The highest BCUT2D eigenvalue weighted by atomic mass is 16.1. The van der Waals surface area contributed by atoms with Gasteiger partial charge in [-0.3, -0.25) is 20.6 Å². The summed E-state index contributed by atoms with van der Waals surface area (Å²) in [5, 5.41) is 2.84. The molecule has 0 aromatic carbocycles. The second-order valence-corrected chi connectivity index (χ2v) is 4.50. The zero-order chi connectivity index (χ0) is 14.5. The number of carbonyl (C=O) groups is 1. The minimum atomic E-state index is -0.228. The predicted octanol–water partition coefficient (Wildman–Crippen LogP) is 1.31. The van der Waals surface area contributed by atoms with Gasteiger partial charge in [-0.1, -0.05) is 0 Å². The first-order valence-electron chi connectivity index (χ1n) is 6.22. The van der Waals surface area contributed by atoms with E-state index in [2.05, 4.69) is 20.7 Å². The Morgan fingerprint density at radius 2 is 2.15 bits per heavy atom. The van der Waals surface area contributed by atoms with Crippen LogP contribution in [0.3, 0.4) is 0 Å². The van der Waals surface area contributed by atoms with Gasteiger partial charge >= 0.3 is 0 Å². The highest BCUT2D eigenvalue weighted by Crippen LogP contribution is 2.14. The van der Waals surface area contributed by atoms with Crippen LogP contribution in [0.25, 0.3) is 0 Å². The minimum absolute atomic E-state index is 0.228. The molecule has 2 aromatic heterocycles. The number of nitrogens with one attached hydrogen (secondary N) is 2. The number of rotatable bonds is 4. The smallest absolute Gasteiger partial charge is 0.255 e. The van der Waals surface area contributed by atoms with Crippen LogP contribution in [-0.2, 0) is 6.54 Å². The van der Waals surface area contributed by atoms with E-state index in [4.69, 9.17) is 5.84 Å². The molecule has 6 heteroatoms. The van der Waals surface area contributed by atoms with E-state index in [9.17, 15) is 4.79 Å². The van der Waals surface area contributed by atoms with Gasteiger partial charge in [-0.05, 0) is 37.1 Å². The van der Waals surface area contributed by atoms with Crippen molar-refractivity contribution in [3.05, 3.63) is 53.1 Å². The molecule has 104 valence electrons. The summed E-state index contributed by atoms with van der Waals surface area (Å²) in [6.07, 6.45) is 4.97. The fourth-order valence-corrected chi connectivity index (χ4v) is 1.81. The fraction of sp³-hybridized carbons (Fsp3) is 0.214. The third-order valence-electron chi connectivity index (χ3n) is 3.03. The van der Waals surface area contributed by atoms with Crippen molar-refractivity contribution in [2.24, 2.45) is 5.84 Å². The Balaban J connectivity index is 2.11. The molecule has 1 amide bonds. The van der Waals surface area contributed by atoms with Crippen LogP contribution in [0.4, 0.5) is 5.69 Å². The van der Waals surface area contributed by atoms with Gasteiger partial charge in [0.1, 0.15) is 0 Å². The molecule has 2 aromatic rings. The quantitative estimate of drug-likeness (QED) is 0.576. The number of aryl methyl sites for hydroxylation is 2. The molecule has 0 bridgehead atoms. The Labute approximate surface area is 117 Å². The zero-order valence-electron chi connectivity index (χ0n) is 11.5. The monoisotopic (exact) mass is 271 g/mol. The molecule has 0 radical (unpaired) electrons. The normalized spacial score (nSPS) is 10.2. The van der Waals surface area contributed by atoms with Gasteiger partial charge in [-0.25, -0.2) is 0 Å². The first kappa shape index (κ1) is 14.0. The van der Waals surface area contributed by atoms with Crippen molar-refractivity contribution >= 4 is 11.6 Å². The lowest BCUT2D eigenvalue weighted by molar-refractivity contribution is 0.0951. The SMILES string of the molecule is Cc1cc(NN)c(C(=O)NCc2cnccc2C)cn1. The van der Waals surface area contributed by atoms with E-state index in [0.717, 1.165) is 16.8 Å². The molecule has 0 fully saturated rings. The second kappa shape index (κ2) is 6.12. The second-order valence-electron chi connectivity index (χ2n) is 4.50. The topological polar surface area (TPSA) is 92.9 Å². The van der Waals surface area contributed by atoms with Crippen LogP contribution in [-0.4, -0.2) is 15.9 Å². The molecule has 4 N–H and O–H groups in total. The maximum Gasteiger partial charge on any atom is 0.255 e. The number of hydrogen-bond acceptors (Lipinski definition) is 5. The molecule has 0 spiro atoms. The van der Waals surface area contributed by atoms with Gasteiger partial charge in [0.05, 0.1) is 11.3 Å². The summed E-state index contributed by atoms with van der Waals surface area (Å²) in [6.45, 7) is 4.22. The van der Waals surface area contributed by atoms with Gasteiger partial charge in [0.2, 0.25) is 0 Å². The molecule has 6 nitrogen and oxygen atoms in total. The number of anilines is 1. The van der Waals surface area contributed by atoms with Crippen molar-refractivity contribution in [3.8, 4) is 0 Å². The van der Waals surface area contributed by atoms with E-state index < -0.39 is 0 Å². The molecule has 20 heavy (non-hydrogen) atoms. The molecule has 0 saturated heterocycles. The predicted molar refractivity (Wildman–Crippen MR) is 76.9 cm³/mol. The summed E-state index contributed by atoms with van der Waals surface area (Å²) in [5.74, 6) is 5.19. The summed E-state index contributed by atoms with van der Waals surface area (Å²) >= 11 is 0. The Bertz CT molecular complexity index is 627.